The van der Waals surface area contributed by atoms with E-state index >= 15 is 0 Å². The summed E-state index contributed by atoms with van der Waals surface area (Å²) in [6, 6.07) is 5.37. The van der Waals surface area contributed by atoms with E-state index in [2.05, 4.69) is 5.32 Å². The van der Waals surface area contributed by atoms with Crippen LogP contribution in [0.3, 0.4) is 0 Å². The van der Waals surface area contributed by atoms with Crippen molar-refractivity contribution in [2.24, 2.45) is 0 Å². The molecule has 1 fully saturated rings. The molecule has 0 saturated carbocycles. The number of carbonyl (C=O) groups excluding carboxylic acids is 2. The van der Waals surface area contributed by atoms with Crippen LogP contribution in [-0.2, 0) is 4.79 Å². The molecule has 2 amide bonds. The molecule has 1 aromatic carbocycles. The maximum Gasteiger partial charge on any atom is 0.254 e. The number of benzene rings is 1. The minimum absolute atomic E-state index is 0.0374. The first-order valence-corrected chi connectivity index (χ1v) is 9.55. The monoisotopic (exact) mass is 349 g/mol. The molecule has 2 rings (SSSR count). The van der Waals surface area contributed by atoms with E-state index in [0.29, 0.717) is 5.56 Å². The molecule has 1 heterocycles. The van der Waals surface area contributed by atoms with E-state index in [1.807, 2.05) is 67.7 Å². The lowest BCUT2D eigenvalue weighted by molar-refractivity contribution is -0.120. The Bertz CT molecular complexity index is 598. The van der Waals surface area contributed by atoms with Crippen LogP contribution in [0.4, 0.5) is 5.69 Å². The van der Waals surface area contributed by atoms with Gasteiger partial charge in [0.05, 0.1) is 6.04 Å². The van der Waals surface area contributed by atoms with E-state index in [1.165, 1.54) is 0 Å². The zero-order valence-corrected chi connectivity index (χ0v) is 15.8. The number of amides is 2. The first-order valence-electron chi connectivity index (χ1n) is 8.39. The van der Waals surface area contributed by atoms with Crippen molar-refractivity contribution in [3.05, 3.63) is 29.3 Å². The Hall–Kier alpha value is -1.53. The molecule has 0 radical (unpaired) electrons. The van der Waals surface area contributed by atoms with Crippen molar-refractivity contribution in [3.63, 3.8) is 0 Å². The molecular weight excluding hydrogens is 322 g/mol. The first kappa shape index (κ1) is 18.8. The summed E-state index contributed by atoms with van der Waals surface area (Å²) in [5, 5.41) is 2.99. The van der Waals surface area contributed by atoms with Crippen LogP contribution in [0.5, 0.6) is 0 Å². The number of likely N-dealkylation sites (N-methyl/N-ethyl adjacent to an activating group) is 1. The minimum atomic E-state index is -0.178. The summed E-state index contributed by atoms with van der Waals surface area (Å²) in [5.41, 5.74) is 2.23. The highest BCUT2D eigenvalue weighted by Crippen LogP contribution is 2.22. The van der Waals surface area contributed by atoms with Gasteiger partial charge in [-0.15, -0.1) is 0 Å². The van der Waals surface area contributed by atoms with E-state index in [1.54, 1.807) is 0 Å². The van der Waals surface area contributed by atoms with Crippen LogP contribution in [-0.4, -0.2) is 66.3 Å². The van der Waals surface area contributed by atoms with Gasteiger partial charge in [0.2, 0.25) is 5.91 Å². The fourth-order valence-electron chi connectivity index (χ4n) is 2.94. The molecule has 1 aromatic rings. The van der Waals surface area contributed by atoms with Gasteiger partial charge in [-0.3, -0.25) is 14.5 Å². The highest BCUT2D eigenvalue weighted by molar-refractivity contribution is 7.99. The van der Waals surface area contributed by atoms with Crippen LogP contribution in [0.2, 0.25) is 0 Å². The average molecular weight is 350 g/mol. The molecular formula is C18H27N3O2S. The van der Waals surface area contributed by atoms with Crippen LogP contribution in [0.15, 0.2) is 18.2 Å². The lowest BCUT2D eigenvalue weighted by atomic mass is 10.0. The normalized spacial score (nSPS) is 16.1. The molecule has 1 aliphatic rings. The maximum absolute atomic E-state index is 12.8. The van der Waals surface area contributed by atoms with Crippen molar-refractivity contribution < 1.29 is 9.59 Å². The second-order valence-electron chi connectivity index (χ2n) is 6.26. The van der Waals surface area contributed by atoms with Gasteiger partial charge in [-0.05, 0) is 45.1 Å². The highest BCUT2D eigenvalue weighted by Gasteiger charge is 2.23. The molecule has 6 heteroatoms. The predicted molar refractivity (Wildman–Crippen MR) is 101 cm³/mol. The maximum atomic E-state index is 12.8. The summed E-state index contributed by atoms with van der Waals surface area (Å²) >= 11 is 1.88. The van der Waals surface area contributed by atoms with Gasteiger partial charge in [0.15, 0.2) is 0 Å². The smallest absolute Gasteiger partial charge is 0.254 e. The molecule has 0 spiro atoms. The highest BCUT2D eigenvalue weighted by atomic mass is 32.2. The Morgan fingerprint density at radius 1 is 1.29 bits per heavy atom. The fraction of sp³-hybridized carbons (Fsp3) is 0.556. The number of nitrogens with one attached hydrogen (secondary N) is 1. The fourth-order valence-corrected chi connectivity index (χ4v) is 3.84. The standard InChI is InChI=1S/C18H27N3O2S/c1-5-16(20(3)4)17(22)19-15-8-6-7-14(13(15)2)18(23)21-9-11-24-12-10-21/h6-8,16H,5,9-12H2,1-4H3,(H,19,22)/t16-/m1/s1. The van der Waals surface area contributed by atoms with Gasteiger partial charge in [0, 0.05) is 35.8 Å². The lowest BCUT2D eigenvalue weighted by Gasteiger charge is -2.27. The Morgan fingerprint density at radius 3 is 2.54 bits per heavy atom. The molecule has 5 nitrogen and oxygen atoms in total. The summed E-state index contributed by atoms with van der Waals surface area (Å²) in [6.45, 7) is 5.47. The number of anilines is 1. The number of thioether (sulfide) groups is 1. The summed E-state index contributed by atoms with van der Waals surface area (Å²) in [6.07, 6.45) is 0.738. The number of nitrogens with zero attached hydrogens (tertiary/aromatic N) is 2. The summed E-state index contributed by atoms with van der Waals surface area (Å²) < 4.78 is 0. The number of hydrogen-bond donors (Lipinski definition) is 1. The second kappa shape index (κ2) is 8.53. The third-order valence-corrected chi connectivity index (χ3v) is 5.38. The van der Waals surface area contributed by atoms with Crippen molar-refractivity contribution in [2.75, 3.05) is 44.0 Å². The van der Waals surface area contributed by atoms with Gasteiger partial charge in [-0.1, -0.05) is 13.0 Å². The second-order valence-corrected chi connectivity index (χ2v) is 7.48. The van der Waals surface area contributed by atoms with E-state index < -0.39 is 0 Å². The molecule has 24 heavy (non-hydrogen) atoms. The Morgan fingerprint density at radius 2 is 1.96 bits per heavy atom. The zero-order chi connectivity index (χ0) is 17.7. The van der Waals surface area contributed by atoms with E-state index in [9.17, 15) is 9.59 Å². The van der Waals surface area contributed by atoms with Crippen LogP contribution in [0.1, 0.15) is 29.3 Å². The van der Waals surface area contributed by atoms with Crippen molar-refractivity contribution in [1.29, 1.82) is 0 Å². The lowest BCUT2D eigenvalue weighted by Crippen LogP contribution is -2.39. The first-order chi connectivity index (χ1) is 11.5. The van der Waals surface area contributed by atoms with Crippen LogP contribution in [0.25, 0.3) is 0 Å². The molecule has 0 aromatic heterocycles. The van der Waals surface area contributed by atoms with Crippen LogP contribution < -0.4 is 5.32 Å². The number of hydrogen-bond acceptors (Lipinski definition) is 4. The van der Waals surface area contributed by atoms with Gasteiger partial charge >= 0.3 is 0 Å². The van der Waals surface area contributed by atoms with Crippen molar-refractivity contribution in [2.45, 2.75) is 26.3 Å². The molecule has 1 atom stereocenters. The van der Waals surface area contributed by atoms with Gasteiger partial charge in [0.25, 0.3) is 5.91 Å². The molecule has 132 valence electrons. The Balaban J connectivity index is 2.18. The molecule has 1 N–H and O–H groups in total. The molecule has 0 aliphatic carbocycles. The van der Waals surface area contributed by atoms with Crippen LogP contribution >= 0.6 is 11.8 Å². The summed E-state index contributed by atoms with van der Waals surface area (Å²) in [7, 11) is 3.80. The number of rotatable bonds is 5. The zero-order valence-electron chi connectivity index (χ0n) is 15.0. The van der Waals surface area contributed by atoms with Crippen molar-refractivity contribution in [3.8, 4) is 0 Å². The molecule has 0 unspecified atom stereocenters. The molecule has 1 saturated heterocycles. The van der Waals surface area contributed by atoms with E-state index in [-0.39, 0.29) is 17.9 Å². The minimum Gasteiger partial charge on any atom is -0.337 e. The van der Waals surface area contributed by atoms with Crippen LogP contribution in [0, 0.1) is 6.92 Å². The molecule has 0 bridgehead atoms. The summed E-state index contributed by atoms with van der Waals surface area (Å²) in [4.78, 5) is 29.0. The average Bonchev–Trinajstić information content (AvgIpc) is 2.57. The quantitative estimate of drug-likeness (QED) is 0.887. The Labute approximate surface area is 148 Å². The third kappa shape index (κ3) is 4.30. The third-order valence-electron chi connectivity index (χ3n) is 4.43. The molecule has 1 aliphatic heterocycles. The van der Waals surface area contributed by atoms with E-state index in [4.69, 9.17) is 0 Å². The summed E-state index contributed by atoms with van der Waals surface area (Å²) in [5.74, 6) is 2.00. The SMILES string of the molecule is CC[C@H](C(=O)Nc1cccc(C(=O)N2CCSCC2)c1C)N(C)C. The number of carbonyl (C=O) groups is 2. The van der Waals surface area contributed by atoms with Gasteiger partial charge in [-0.25, -0.2) is 0 Å². The van der Waals surface area contributed by atoms with Crippen molar-refractivity contribution in [1.82, 2.24) is 9.80 Å². The van der Waals surface area contributed by atoms with E-state index in [0.717, 1.165) is 42.3 Å². The predicted octanol–water partition coefficient (Wildman–Crippen LogP) is 2.46. The largest absolute Gasteiger partial charge is 0.337 e. The van der Waals surface area contributed by atoms with Gasteiger partial charge in [0.1, 0.15) is 0 Å². The van der Waals surface area contributed by atoms with Gasteiger partial charge in [-0.2, -0.15) is 11.8 Å². The topological polar surface area (TPSA) is 52.7 Å². The van der Waals surface area contributed by atoms with Crippen molar-refractivity contribution >= 4 is 29.3 Å². The van der Waals surface area contributed by atoms with Gasteiger partial charge < -0.3 is 10.2 Å². The Kier molecular flexibility index (Phi) is 6.69.